The van der Waals surface area contributed by atoms with Crippen molar-refractivity contribution in [3.8, 4) is 0 Å². The Kier molecular flexibility index (Phi) is 1.59. The Bertz CT molecular complexity index is 297. The van der Waals surface area contributed by atoms with Gasteiger partial charge in [0.25, 0.3) is 0 Å². The largest absolute Gasteiger partial charge is 0.346 e. The second-order valence-corrected chi connectivity index (χ2v) is 2.92. The van der Waals surface area contributed by atoms with Gasteiger partial charge in [-0.3, -0.25) is 4.79 Å². The van der Waals surface area contributed by atoms with Crippen LogP contribution in [-0.2, 0) is 4.79 Å². The molecular formula is C9H10N2O. The maximum atomic E-state index is 10.8. The van der Waals surface area contributed by atoms with Crippen LogP contribution >= 0.6 is 0 Å². The molecule has 0 aliphatic carbocycles. The van der Waals surface area contributed by atoms with Crippen molar-refractivity contribution in [2.24, 2.45) is 5.73 Å². The van der Waals surface area contributed by atoms with Gasteiger partial charge in [0, 0.05) is 0 Å². The first kappa shape index (κ1) is 7.31. The predicted octanol–water partition coefficient (Wildman–Crippen LogP) is 0.185. The van der Waals surface area contributed by atoms with Crippen LogP contribution in [-0.4, -0.2) is 11.9 Å². The van der Waals surface area contributed by atoms with E-state index in [-0.39, 0.29) is 18.0 Å². The average molecular weight is 162 g/mol. The molecule has 0 radical (unpaired) electrons. The van der Waals surface area contributed by atoms with E-state index >= 15 is 0 Å². The molecule has 0 unspecified atom stereocenters. The number of benzene rings is 1. The minimum atomic E-state index is -0.368. The van der Waals surface area contributed by atoms with Crippen LogP contribution in [0.5, 0.6) is 0 Å². The van der Waals surface area contributed by atoms with E-state index in [2.05, 4.69) is 5.32 Å². The summed E-state index contributed by atoms with van der Waals surface area (Å²) in [4.78, 5) is 10.8. The summed E-state index contributed by atoms with van der Waals surface area (Å²) in [5, 5.41) is 2.74. The summed E-state index contributed by atoms with van der Waals surface area (Å²) in [6.07, 6.45) is 0. The van der Waals surface area contributed by atoms with Crippen molar-refractivity contribution >= 4 is 5.91 Å². The molecule has 1 aromatic rings. The molecule has 1 aromatic carbocycles. The summed E-state index contributed by atoms with van der Waals surface area (Å²) < 4.78 is 0. The SMILES string of the molecule is N[C@@H]1C(=O)N[C@@H]1c1ccccc1. The van der Waals surface area contributed by atoms with Gasteiger partial charge in [0.1, 0.15) is 6.04 Å². The van der Waals surface area contributed by atoms with Gasteiger partial charge in [-0.15, -0.1) is 0 Å². The molecule has 1 saturated heterocycles. The maximum absolute atomic E-state index is 10.8. The molecule has 1 aliphatic heterocycles. The molecule has 12 heavy (non-hydrogen) atoms. The molecule has 1 amide bonds. The molecule has 2 atom stereocenters. The standard InChI is InChI=1S/C9H10N2O/c10-7-8(11-9(7)12)6-4-2-1-3-5-6/h1-5,7-8H,10H2,(H,11,12)/t7-,8+/m0/s1. The first-order chi connectivity index (χ1) is 5.79. The fourth-order valence-corrected chi connectivity index (χ4v) is 1.35. The minimum Gasteiger partial charge on any atom is -0.346 e. The molecule has 1 fully saturated rings. The van der Waals surface area contributed by atoms with Crippen LogP contribution in [0, 0.1) is 0 Å². The van der Waals surface area contributed by atoms with Crippen LogP contribution in [0.25, 0.3) is 0 Å². The van der Waals surface area contributed by atoms with Gasteiger partial charge in [-0.05, 0) is 5.56 Å². The number of nitrogens with one attached hydrogen (secondary N) is 1. The van der Waals surface area contributed by atoms with Crippen molar-refractivity contribution in [2.45, 2.75) is 12.1 Å². The van der Waals surface area contributed by atoms with E-state index in [4.69, 9.17) is 5.73 Å². The molecule has 3 nitrogen and oxygen atoms in total. The smallest absolute Gasteiger partial charge is 0.239 e. The van der Waals surface area contributed by atoms with Crippen LogP contribution in [0.3, 0.4) is 0 Å². The number of carbonyl (C=O) groups excluding carboxylic acids is 1. The topological polar surface area (TPSA) is 55.1 Å². The highest BCUT2D eigenvalue weighted by Gasteiger charge is 2.36. The second kappa shape index (κ2) is 2.60. The van der Waals surface area contributed by atoms with Gasteiger partial charge in [-0.1, -0.05) is 30.3 Å². The van der Waals surface area contributed by atoms with Crippen LogP contribution in [0.15, 0.2) is 30.3 Å². The highest BCUT2D eigenvalue weighted by Crippen LogP contribution is 2.22. The Morgan fingerprint density at radius 1 is 1.25 bits per heavy atom. The Hall–Kier alpha value is -1.35. The van der Waals surface area contributed by atoms with Crippen LogP contribution < -0.4 is 11.1 Å². The van der Waals surface area contributed by atoms with Gasteiger partial charge in [0.05, 0.1) is 6.04 Å². The maximum Gasteiger partial charge on any atom is 0.239 e. The predicted molar refractivity (Wildman–Crippen MR) is 45.3 cm³/mol. The molecule has 3 N–H and O–H groups in total. The molecule has 2 rings (SSSR count). The number of carbonyl (C=O) groups is 1. The zero-order valence-electron chi connectivity index (χ0n) is 6.53. The summed E-state index contributed by atoms with van der Waals surface area (Å²) >= 11 is 0. The van der Waals surface area contributed by atoms with Crippen molar-refractivity contribution in [2.75, 3.05) is 0 Å². The molecule has 0 aromatic heterocycles. The Morgan fingerprint density at radius 3 is 2.42 bits per heavy atom. The van der Waals surface area contributed by atoms with Crippen molar-refractivity contribution in [1.82, 2.24) is 5.32 Å². The molecule has 1 aliphatic rings. The third-order valence-corrected chi connectivity index (χ3v) is 2.12. The molecule has 0 saturated carbocycles. The van der Waals surface area contributed by atoms with Gasteiger partial charge in [0.2, 0.25) is 5.91 Å². The van der Waals surface area contributed by atoms with E-state index < -0.39 is 0 Å². The van der Waals surface area contributed by atoms with Crippen molar-refractivity contribution in [3.05, 3.63) is 35.9 Å². The highest BCUT2D eigenvalue weighted by molar-refractivity contribution is 5.89. The quantitative estimate of drug-likeness (QED) is 0.579. The number of hydrogen-bond donors (Lipinski definition) is 2. The lowest BCUT2D eigenvalue weighted by Crippen LogP contribution is -2.60. The summed E-state index contributed by atoms with van der Waals surface area (Å²) in [5.74, 6) is -0.0659. The van der Waals surface area contributed by atoms with E-state index in [9.17, 15) is 4.79 Å². The average Bonchev–Trinajstić information content (AvgIpc) is 2.15. The van der Waals surface area contributed by atoms with E-state index in [0.29, 0.717) is 0 Å². The van der Waals surface area contributed by atoms with E-state index in [1.807, 2.05) is 30.3 Å². The highest BCUT2D eigenvalue weighted by atomic mass is 16.2. The van der Waals surface area contributed by atoms with Gasteiger partial charge in [-0.2, -0.15) is 0 Å². The van der Waals surface area contributed by atoms with Gasteiger partial charge >= 0.3 is 0 Å². The fraction of sp³-hybridized carbons (Fsp3) is 0.222. The number of nitrogens with two attached hydrogens (primary N) is 1. The van der Waals surface area contributed by atoms with Crippen molar-refractivity contribution < 1.29 is 4.79 Å². The molecule has 62 valence electrons. The fourth-order valence-electron chi connectivity index (χ4n) is 1.35. The summed E-state index contributed by atoms with van der Waals surface area (Å²) in [5.41, 5.74) is 6.66. The minimum absolute atomic E-state index is 0.0127. The van der Waals surface area contributed by atoms with Crippen LogP contribution in [0.2, 0.25) is 0 Å². The van der Waals surface area contributed by atoms with E-state index in [1.54, 1.807) is 0 Å². The van der Waals surface area contributed by atoms with E-state index in [1.165, 1.54) is 0 Å². The number of rotatable bonds is 1. The van der Waals surface area contributed by atoms with Crippen molar-refractivity contribution in [3.63, 3.8) is 0 Å². The normalized spacial score (nSPS) is 27.6. The van der Waals surface area contributed by atoms with Gasteiger partial charge < -0.3 is 11.1 Å². The Balaban J connectivity index is 2.18. The lowest BCUT2D eigenvalue weighted by Gasteiger charge is -2.34. The first-order valence-corrected chi connectivity index (χ1v) is 3.90. The molecule has 0 spiro atoms. The number of amides is 1. The molecule has 3 heteroatoms. The third kappa shape index (κ3) is 0.987. The monoisotopic (exact) mass is 162 g/mol. The zero-order chi connectivity index (χ0) is 8.55. The Morgan fingerprint density at radius 2 is 1.92 bits per heavy atom. The summed E-state index contributed by atoms with van der Waals surface area (Å²) in [7, 11) is 0. The van der Waals surface area contributed by atoms with E-state index in [0.717, 1.165) is 5.56 Å². The molecule has 1 heterocycles. The van der Waals surface area contributed by atoms with Crippen molar-refractivity contribution in [1.29, 1.82) is 0 Å². The lowest BCUT2D eigenvalue weighted by atomic mass is 9.93. The molecular weight excluding hydrogens is 152 g/mol. The number of hydrogen-bond acceptors (Lipinski definition) is 2. The third-order valence-electron chi connectivity index (χ3n) is 2.12. The summed E-state index contributed by atoms with van der Waals surface area (Å²) in [6, 6.07) is 9.38. The number of β-lactam (4-membered cyclic amide) rings is 1. The second-order valence-electron chi connectivity index (χ2n) is 2.92. The van der Waals surface area contributed by atoms with Gasteiger partial charge in [-0.25, -0.2) is 0 Å². The molecule has 0 bridgehead atoms. The summed E-state index contributed by atoms with van der Waals surface area (Å²) in [6.45, 7) is 0. The van der Waals surface area contributed by atoms with Crippen LogP contribution in [0.1, 0.15) is 11.6 Å². The zero-order valence-corrected chi connectivity index (χ0v) is 6.53. The lowest BCUT2D eigenvalue weighted by molar-refractivity contribution is -0.130. The van der Waals surface area contributed by atoms with Gasteiger partial charge in [0.15, 0.2) is 0 Å². The van der Waals surface area contributed by atoms with Crippen LogP contribution in [0.4, 0.5) is 0 Å². The Labute approximate surface area is 70.6 Å². The first-order valence-electron chi connectivity index (χ1n) is 3.90.